The Morgan fingerprint density at radius 1 is 1.03 bits per heavy atom. The van der Waals surface area contributed by atoms with Gasteiger partial charge in [-0.05, 0) is 47.4 Å². The summed E-state index contributed by atoms with van der Waals surface area (Å²) in [5, 5.41) is 9.54. The van der Waals surface area contributed by atoms with Gasteiger partial charge < -0.3 is 14.7 Å². The van der Waals surface area contributed by atoms with Crippen LogP contribution in [0, 0.1) is 5.92 Å². The topological polar surface area (TPSA) is 49.8 Å². The summed E-state index contributed by atoms with van der Waals surface area (Å²) in [6.07, 6.45) is 6.30. The van der Waals surface area contributed by atoms with Crippen LogP contribution in [0.25, 0.3) is 11.1 Å². The zero-order valence-electron chi connectivity index (χ0n) is 17.2. The van der Waals surface area contributed by atoms with Crippen LogP contribution in [0.3, 0.4) is 0 Å². The van der Waals surface area contributed by atoms with Crippen molar-refractivity contribution in [1.29, 1.82) is 0 Å². The second-order valence-electron chi connectivity index (χ2n) is 8.39. The lowest BCUT2D eigenvalue weighted by atomic mass is 9.82. The fraction of sp³-hybridized carbons (Fsp3) is 0.480. The molecule has 0 radical (unpaired) electrons. The molecule has 2 aromatic carbocycles. The van der Waals surface area contributed by atoms with Gasteiger partial charge in [-0.1, -0.05) is 67.8 Å². The second kappa shape index (κ2) is 9.00. The van der Waals surface area contributed by atoms with Gasteiger partial charge in [0, 0.05) is 25.6 Å². The van der Waals surface area contributed by atoms with Gasteiger partial charge in [0.25, 0.3) is 0 Å². The molecule has 0 bridgehead atoms. The number of hydrogen-bond donors (Lipinski definition) is 1. The number of rotatable bonds is 6. The lowest BCUT2D eigenvalue weighted by Crippen LogP contribution is -2.43. The van der Waals surface area contributed by atoms with Gasteiger partial charge in [-0.3, -0.25) is 0 Å². The van der Waals surface area contributed by atoms with Crippen molar-refractivity contribution < 1.29 is 14.6 Å². The Hall–Kier alpha value is -2.33. The molecule has 2 aliphatic rings. The predicted octanol–water partition coefficient (Wildman–Crippen LogP) is 5.20. The number of hydrogen-bond acceptors (Lipinski definition) is 3. The maximum absolute atomic E-state index is 12.9. The number of benzene rings is 2. The Bertz CT molecular complexity index is 798. The first-order chi connectivity index (χ1) is 14.2. The molecular formula is C25H31NO3. The van der Waals surface area contributed by atoms with Crippen molar-refractivity contribution in [3.05, 3.63) is 59.7 Å². The predicted molar refractivity (Wildman–Crippen MR) is 115 cm³/mol. The number of carbonyl (C=O) groups excluding carboxylic acids is 1. The average Bonchev–Trinajstić information content (AvgIpc) is 3.10. The molecule has 1 saturated carbocycles. The molecule has 0 heterocycles. The van der Waals surface area contributed by atoms with Crippen molar-refractivity contribution in [1.82, 2.24) is 4.90 Å². The zero-order chi connectivity index (χ0) is 20.2. The summed E-state index contributed by atoms with van der Waals surface area (Å²) in [6, 6.07) is 16.8. The number of aliphatic hydroxyl groups excluding tert-OH is 1. The van der Waals surface area contributed by atoms with Gasteiger partial charge >= 0.3 is 6.09 Å². The van der Waals surface area contributed by atoms with Crippen LogP contribution in [0.4, 0.5) is 4.79 Å². The third kappa shape index (κ3) is 4.04. The van der Waals surface area contributed by atoms with Gasteiger partial charge in [-0.2, -0.15) is 0 Å². The summed E-state index contributed by atoms with van der Waals surface area (Å²) in [5.41, 5.74) is 4.92. The molecule has 0 saturated heterocycles. The number of amides is 1. The van der Waals surface area contributed by atoms with Gasteiger partial charge in [-0.15, -0.1) is 0 Å². The van der Waals surface area contributed by atoms with E-state index in [0.717, 1.165) is 12.8 Å². The van der Waals surface area contributed by atoms with Crippen LogP contribution >= 0.6 is 0 Å². The fourth-order valence-electron chi connectivity index (χ4n) is 5.23. The Balaban J connectivity index is 1.46. The lowest BCUT2D eigenvalue weighted by Gasteiger charge is -2.36. The lowest BCUT2D eigenvalue weighted by molar-refractivity contribution is 0.0667. The SMILES string of the molecule is CN(C(=O)OCC1c2ccccc2-c2ccccc21)[C@@H](CCO)C1CCCCC1. The molecule has 1 N–H and O–H groups in total. The van der Waals surface area contributed by atoms with Crippen LogP contribution in [0.5, 0.6) is 0 Å². The molecular weight excluding hydrogens is 362 g/mol. The van der Waals surface area contributed by atoms with Crippen molar-refractivity contribution in [2.75, 3.05) is 20.3 Å². The summed E-state index contributed by atoms with van der Waals surface area (Å²) in [4.78, 5) is 14.6. The van der Waals surface area contributed by atoms with E-state index in [1.54, 1.807) is 4.90 Å². The van der Waals surface area contributed by atoms with Crippen molar-refractivity contribution >= 4 is 6.09 Å². The summed E-state index contributed by atoms with van der Waals surface area (Å²) in [5.74, 6) is 0.534. The maximum atomic E-state index is 12.9. The first kappa shape index (κ1) is 20.0. The zero-order valence-corrected chi connectivity index (χ0v) is 17.2. The molecule has 1 fully saturated rings. The van der Waals surface area contributed by atoms with E-state index in [0.29, 0.717) is 18.9 Å². The molecule has 0 unspecified atom stereocenters. The van der Waals surface area contributed by atoms with Crippen LogP contribution in [0.15, 0.2) is 48.5 Å². The van der Waals surface area contributed by atoms with Gasteiger partial charge in [0.2, 0.25) is 0 Å². The molecule has 0 aromatic heterocycles. The quantitative estimate of drug-likeness (QED) is 0.734. The number of carbonyl (C=O) groups is 1. The normalized spacial score (nSPS) is 17.4. The van der Waals surface area contributed by atoms with E-state index in [2.05, 4.69) is 36.4 Å². The maximum Gasteiger partial charge on any atom is 0.409 e. The first-order valence-electron chi connectivity index (χ1n) is 10.9. The number of aliphatic hydroxyl groups is 1. The highest BCUT2D eigenvalue weighted by atomic mass is 16.6. The van der Waals surface area contributed by atoms with Crippen molar-refractivity contribution in [3.63, 3.8) is 0 Å². The van der Waals surface area contributed by atoms with Gasteiger partial charge in [-0.25, -0.2) is 4.79 Å². The minimum Gasteiger partial charge on any atom is -0.448 e. The molecule has 4 heteroatoms. The van der Waals surface area contributed by atoms with Gasteiger partial charge in [0.1, 0.15) is 6.61 Å². The van der Waals surface area contributed by atoms with Crippen LogP contribution in [-0.2, 0) is 4.74 Å². The van der Waals surface area contributed by atoms with E-state index in [4.69, 9.17) is 4.74 Å². The van der Waals surface area contributed by atoms with E-state index >= 15 is 0 Å². The standard InChI is InChI=1S/C25H31NO3/c1-26(24(15-16-27)18-9-3-2-4-10-18)25(28)29-17-23-21-13-7-5-11-19(21)20-12-6-8-14-22(20)23/h5-8,11-14,18,23-24,27H,2-4,9-10,15-17H2,1H3/t24-/m0/s1. The highest BCUT2D eigenvalue weighted by Gasteiger charge is 2.32. The largest absolute Gasteiger partial charge is 0.448 e. The van der Waals surface area contributed by atoms with Crippen LogP contribution < -0.4 is 0 Å². The minimum atomic E-state index is -0.282. The smallest absolute Gasteiger partial charge is 0.409 e. The monoisotopic (exact) mass is 393 g/mol. The molecule has 2 aromatic rings. The second-order valence-corrected chi connectivity index (χ2v) is 8.39. The van der Waals surface area contributed by atoms with Crippen molar-refractivity contribution in [2.24, 2.45) is 5.92 Å². The van der Waals surface area contributed by atoms with Gasteiger partial charge in [0.05, 0.1) is 0 Å². The summed E-state index contributed by atoms with van der Waals surface area (Å²) in [6.45, 7) is 0.440. The Labute approximate surface area is 173 Å². The third-order valence-electron chi connectivity index (χ3n) is 6.74. The molecule has 4 nitrogen and oxygen atoms in total. The van der Waals surface area contributed by atoms with E-state index < -0.39 is 0 Å². The van der Waals surface area contributed by atoms with E-state index in [-0.39, 0.29) is 24.7 Å². The van der Waals surface area contributed by atoms with E-state index in [9.17, 15) is 9.90 Å². The molecule has 4 rings (SSSR count). The Morgan fingerprint density at radius 2 is 1.62 bits per heavy atom. The van der Waals surface area contributed by atoms with E-state index in [1.165, 1.54) is 41.5 Å². The number of fused-ring (bicyclic) bond motifs is 3. The molecule has 1 amide bonds. The summed E-state index contributed by atoms with van der Waals surface area (Å²) < 4.78 is 5.82. The molecule has 0 spiro atoms. The molecule has 0 aliphatic heterocycles. The fourth-order valence-corrected chi connectivity index (χ4v) is 5.23. The Morgan fingerprint density at radius 3 is 2.21 bits per heavy atom. The highest BCUT2D eigenvalue weighted by molar-refractivity contribution is 5.79. The van der Waals surface area contributed by atoms with Crippen molar-refractivity contribution in [2.45, 2.75) is 50.5 Å². The highest BCUT2D eigenvalue weighted by Crippen LogP contribution is 2.44. The average molecular weight is 394 g/mol. The Kier molecular flexibility index (Phi) is 6.19. The van der Waals surface area contributed by atoms with Gasteiger partial charge in [0.15, 0.2) is 0 Å². The van der Waals surface area contributed by atoms with Crippen molar-refractivity contribution in [3.8, 4) is 11.1 Å². The van der Waals surface area contributed by atoms with Crippen LogP contribution in [0.1, 0.15) is 55.6 Å². The first-order valence-corrected chi connectivity index (χ1v) is 10.9. The summed E-state index contributed by atoms with van der Waals surface area (Å²) >= 11 is 0. The molecule has 154 valence electrons. The van der Waals surface area contributed by atoms with E-state index in [1.807, 2.05) is 19.2 Å². The summed E-state index contributed by atoms with van der Waals surface area (Å²) in [7, 11) is 1.83. The van der Waals surface area contributed by atoms with Crippen LogP contribution in [-0.4, -0.2) is 42.4 Å². The van der Waals surface area contributed by atoms with Crippen LogP contribution in [0.2, 0.25) is 0 Å². The third-order valence-corrected chi connectivity index (χ3v) is 6.74. The number of ether oxygens (including phenoxy) is 1. The molecule has 2 aliphatic carbocycles. The molecule has 1 atom stereocenters. The minimum absolute atomic E-state index is 0.0518. The number of nitrogens with zero attached hydrogens (tertiary/aromatic N) is 1. The molecule has 29 heavy (non-hydrogen) atoms.